The van der Waals surface area contributed by atoms with Crippen LogP contribution in [0.2, 0.25) is 0 Å². The van der Waals surface area contributed by atoms with Crippen LogP contribution >= 0.6 is 0 Å². The highest BCUT2D eigenvalue weighted by atomic mass is 16.7. The Morgan fingerprint density at radius 1 is 1.50 bits per heavy atom. The summed E-state index contributed by atoms with van der Waals surface area (Å²) >= 11 is 0. The lowest BCUT2D eigenvalue weighted by atomic mass is 10.2. The number of nitrogens with one attached hydrogen (secondary N) is 1. The fraction of sp³-hybridized carbons (Fsp3) is 1.00. The monoisotopic (exact) mass is 142 g/mol. The van der Waals surface area contributed by atoms with Gasteiger partial charge in [-0.15, -0.1) is 0 Å². The number of rotatable bonds is 1. The van der Waals surface area contributed by atoms with Gasteiger partial charge < -0.3 is 5.32 Å². The second-order valence-electron chi connectivity index (χ2n) is 2.97. The van der Waals surface area contributed by atoms with Gasteiger partial charge in [-0.25, -0.2) is 0 Å². The zero-order chi connectivity index (χ0) is 6.81. The maximum absolute atomic E-state index is 5.43. The molecular weight excluding hydrogens is 128 g/mol. The summed E-state index contributed by atoms with van der Waals surface area (Å²) in [5, 5.41) is 5.47. The van der Waals surface area contributed by atoms with E-state index in [1.165, 1.54) is 12.8 Å². The van der Waals surface area contributed by atoms with E-state index in [1.54, 1.807) is 0 Å². The van der Waals surface area contributed by atoms with Crippen molar-refractivity contribution in [3.8, 4) is 0 Å². The minimum absolute atomic E-state index is 0.655. The highest BCUT2D eigenvalue weighted by Crippen LogP contribution is 2.13. The SMILES string of the molecule is C1CON(C2CCNC2)C1. The zero-order valence-electron chi connectivity index (χ0n) is 6.18. The molecule has 0 amide bonds. The van der Waals surface area contributed by atoms with Crippen molar-refractivity contribution < 1.29 is 4.84 Å². The van der Waals surface area contributed by atoms with Gasteiger partial charge >= 0.3 is 0 Å². The Kier molecular flexibility index (Phi) is 1.88. The van der Waals surface area contributed by atoms with Gasteiger partial charge in [-0.2, -0.15) is 5.06 Å². The Balaban J connectivity index is 1.85. The van der Waals surface area contributed by atoms with E-state index in [0.29, 0.717) is 6.04 Å². The molecule has 3 nitrogen and oxygen atoms in total. The topological polar surface area (TPSA) is 24.5 Å². The molecule has 58 valence electrons. The molecule has 10 heavy (non-hydrogen) atoms. The minimum atomic E-state index is 0.655. The van der Waals surface area contributed by atoms with E-state index in [1.807, 2.05) is 0 Å². The quantitative estimate of drug-likeness (QED) is 0.557. The van der Waals surface area contributed by atoms with Crippen LogP contribution in [0, 0.1) is 0 Å². The highest BCUT2D eigenvalue weighted by Gasteiger charge is 2.25. The van der Waals surface area contributed by atoms with Gasteiger partial charge in [0, 0.05) is 19.1 Å². The third-order valence-corrected chi connectivity index (χ3v) is 2.22. The summed E-state index contributed by atoms with van der Waals surface area (Å²) in [5.74, 6) is 0. The molecule has 0 aliphatic carbocycles. The van der Waals surface area contributed by atoms with Crippen molar-refractivity contribution in [2.75, 3.05) is 26.2 Å². The van der Waals surface area contributed by atoms with E-state index in [2.05, 4.69) is 10.4 Å². The zero-order valence-corrected chi connectivity index (χ0v) is 6.18. The predicted octanol–water partition coefficient (Wildman–Crippen LogP) is -0.0144. The number of nitrogens with zero attached hydrogens (tertiary/aromatic N) is 1. The molecule has 1 atom stereocenters. The number of hydrogen-bond acceptors (Lipinski definition) is 3. The molecule has 3 heteroatoms. The van der Waals surface area contributed by atoms with E-state index in [0.717, 1.165) is 26.2 Å². The third kappa shape index (κ3) is 1.17. The first-order valence-corrected chi connectivity index (χ1v) is 4.07. The van der Waals surface area contributed by atoms with Crippen molar-refractivity contribution in [1.82, 2.24) is 10.4 Å². The number of hydrogen-bond donors (Lipinski definition) is 1. The van der Waals surface area contributed by atoms with Gasteiger partial charge in [0.15, 0.2) is 0 Å². The van der Waals surface area contributed by atoms with Crippen LogP contribution in [0.5, 0.6) is 0 Å². The van der Waals surface area contributed by atoms with E-state index in [-0.39, 0.29) is 0 Å². The molecule has 2 aliphatic rings. The average molecular weight is 142 g/mol. The smallest absolute Gasteiger partial charge is 0.0698 e. The molecule has 0 aromatic carbocycles. The Morgan fingerprint density at radius 2 is 2.50 bits per heavy atom. The summed E-state index contributed by atoms with van der Waals surface area (Å²) in [5.41, 5.74) is 0. The fourth-order valence-corrected chi connectivity index (χ4v) is 1.64. The van der Waals surface area contributed by atoms with Crippen LogP contribution in [0.25, 0.3) is 0 Å². The van der Waals surface area contributed by atoms with Gasteiger partial charge in [0.2, 0.25) is 0 Å². The van der Waals surface area contributed by atoms with Crippen LogP contribution in [-0.4, -0.2) is 37.3 Å². The molecule has 0 aromatic heterocycles. The largest absolute Gasteiger partial charge is 0.315 e. The van der Waals surface area contributed by atoms with Crippen LogP contribution < -0.4 is 5.32 Å². The molecule has 0 spiro atoms. The van der Waals surface area contributed by atoms with Gasteiger partial charge in [-0.05, 0) is 19.4 Å². The lowest BCUT2D eigenvalue weighted by Crippen LogP contribution is -2.33. The maximum atomic E-state index is 5.43. The van der Waals surface area contributed by atoms with E-state index in [9.17, 15) is 0 Å². The predicted molar refractivity (Wildman–Crippen MR) is 38.5 cm³/mol. The van der Waals surface area contributed by atoms with Crippen molar-refractivity contribution in [2.24, 2.45) is 0 Å². The van der Waals surface area contributed by atoms with Crippen molar-refractivity contribution in [2.45, 2.75) is 18.9 Å². The second-order valence-corrected chi connectivity index (χ2v) is 2.97. The molecule has 2 heterocycles. The molecule has 2 saturated heterocycles. The molecule has 0 aromatic rings. The Bertz CT molecular complexity index is 92.2. The van der Waals surface area contributed by atoms with Crippen molar-refractivity contribution >= 4 is 0 Å². The first-order chi connectivity index (χ1) is 4.97. The molecule has 1 unspecified atom stereocenters. The summed E-state index contributed by atoms with van der Waals surface area (Å²) in [7, 11) is 0. The van der Waals surface area contributed by atoms with Crippen molar-refractivity contribution in [3.63, 3.8) is 0 Å². The first kappa shape index (κ1) is 6.58. The summed E-state index contributed by atoms with van der Waals surface area (Å²) in [4.78, 5) is 5.43. The van der Waals surface area contributed by atoms with Crippen LogP contribution in [0.15, 0.2) is 0 Å². The first-order valence-electron chi connectivity index (χ1n) is 4.07. The molecular formula is C7H14N2O. The van der Waals surface area contributed by atoms with E-state index in [4.69, 9.17) is 4.84 Å². The van der Waals surface area contributed by atoms with Crippen molar-refractivity contribution in [3.05, 3.63) is 0 Å². The lowest BCUT2D eigenvalue weighted by molar-refractivity contribution is -0.135. The summed E-state index contributed by atoms with van der Waals surface area (Å²) in [6.07, 6.45) is 2.45. The van der Waals surface area contributed by atoms with Gasteiger partial charge in [-0.1, -0.05) is 0 Å². The second kappa shape index (κ2) is 2.86. The molecule has 0 bridgehead atoms. The van der Waals surface area contributed by atoms with Crippen LogP contribution in [-0.2, 0) is 4.84 Å². The Morgan fingerprint density at radius 3 is 3.10 bits per heavy atom. The number of hydroxylamine groups is 2. The standard InChI is InChI=1S/C7H14N2O/c1-4-9(10-5-1)7-2-3-8-6-7/h7-8H,1-6H2. The molecule has 0 saturated carbocycles. The Labute approximate surface area is 61.3 Å². The van der Waals surface area contributed by atoms with Gasteiger partial charge in [0.25, 0.3) is 0 Å². The molecule has 2 aliphatic heterocycles. The fourth-order valence-electron chi connectivity index (χ4n) is 1.64. The van der Waals surface area contributed by atoms with E-state index < -0.39 is 0 Å². The van der Waals surface area contributed by atoms with Gasteiger partial charge in [0.05, 0.1) is 6.61 Å². The van der Waals surface area contributed by atoms with Crippen LogP contribution in [0.4, 0.5) is 0 Å². The third-order valence-electron chi connectivity index (χ3n) is 2.22. The molecule has 0 radical (unpaired) electrons. The molecule has 2 fully saturated rings. The van der Waals surface area contributed by atoms with Crippen LogP contribution in [0.1, 0.15) is 12.8 Å². The molecule has 1 N–H and O–H groups in total. The maximum Gasteiger partial charge on any atom is 0.0698 e. The van der Waals surface area contributed by atoms with Gasteiger partial charge in [-0.3, -0.25) is 4.84 Å². The molecule has 2 rings (SSSR count). The normalized spacial score (nSPS) is 35.4. The van der Waals surface area contributed by atoms with Crippen LogP contribution in [0.3, 0.4) is 0 Å². The summed E-state index contributed by atoms with van der Waals surface area (Å²) in [6, 6.07) is 0.655. The Hall–Kier alpha value is -0.120. The highest BCUT2D eigenvalue weighted by molar-refractivity contribution is 4.77. The van der Waals surface area contributed by atoms with Crippen molar-refractivity contribution in [1.29, 1.82) is 0 Å². The average Bonchev–Trinajstić information content (AvgIpc) is 2.59. The van der Waals surface area contributed by atoms with Gasteiger partial charge in [0.1, 0.15) is 0 Å². The summed E-state index contributed by atoms with van der Waals surface area (Å²) < 4.78 is 0. The minimum Gasteiger partial charge on any atom is -0.315 e. The summed E-state index contributed by atoms with van der Waals surface area (Å²) in [6.45, 7) is 4.33. The van der Waals surface area contributed by atoms with E-state index >= 15 is 0 Å². The lowest BCUT2D eigenvalue weighted by Gasteiger charge is -2.19.